The number of rotatable bonds is 4. The van der Waals surface area contributed by atoms with Gasteiger partial charge in [-0.2, -0.15) is 0 Å². The quantitative estimate of drug-likeness (QED) is 0.812. The van der Waals surface area contributed by atoms with Crippen molar-refractivity contribution in [1.29, 1.82) is 0 Å². The standard InChI is InChI=1S/C15H25N/c1-12(2)10-13-6-8-14(9-7-13)11-16-15(3,4)5/h6-9,12,16H,10-11H2,1-5H3. The maximum absolute atomic E-state index is 3.50. The van der Waals surface area contributed by atoms with Crippen LogP contribution in [0.2, 0.25) is 0 Å². The van der Waals surface area contributed by atoms with Crippen LogP contribution in [0.5, 0.6) is 0 Å². The smallest absolute Gasteiger partial charge is 0.0210 e. The zero-order valence-corrected chi connectivity index (χ0v) is 11.3. The van der Waals surface area contributed by atoms with Crippen molar-refractivity contribution < 1.29 is 0 Å². The van der Waals surface area contributed by atoms with Gasteiger partial charge >= 0.3 is 0 Å². The molecule has 1 N–H and O–H groups in total. The van der Waals surface area contributed by atoms with E-state index in [0.29, 0.717) is 0 Å². The first kappa shape index (κ1) is 13.2. The van der Waals surface area contributed by atoms with Crippen molar-refractivity contribution in [2.24, 2.45) is 5.92 Å². The molecule has 16 heavy (non-hydrogen) atoms. The Morgan fingerprint density at radius 1 is 1.00 bits per heavy atom. The lowest BCUT2D eigenvalue weighted by molar-refractivity contribution is 0.424. The lowest BCUT2D eigenvalue weighted by Crippen LogP contribution is -2.35. The second kappa shape index (κ2) is 5.49. The molecule has 0 saturated heterocycles. The van der Waals surface area contributed by atoms with Gasteiger partial charge in [-0.3, -0.25) is 0 Å². The van der Waals surface area contributed by atoms with E-state index in [-0.39, 0.29) is 5.54 Å². The third-order valence-corrected chi connectivity index (χ3v) is 2.49. The van der Waals surface area contributed by atoms with Crippen molar-refractivity contribution in [3.63, 3.8) is 0 Å². The molecule has 1 heteroatoms. The minimum atomic E-state index is 0.191. The zero-order chi connectivity index (χ0) is 12.2. The molecule has 1 nitrogen and oxygen atoms in total. The lowest BCUT2D eigenvalue weighted by atomic mass is 10.0. The third kappa shape index (κ3) is 5.32. The molecular weight excluding hydrogens is 194 g/mol. The summed E-state index contributed by atoms with van der Waals surface area (Å²) >= 11 is 0. The Balaban J connectivity index is 2.51. The predicted molar refractivity (Wildman–Crippen MR) is 71.6 cm³/mol. The van der Waals surface area contributed by atoms with Crippen molar-refractivity contribution in [1.82, 2.24) is 5.32 Å². The Morgan fingerprint density at radius 2 is 1.50 bits per heavy atom. The first-order valence-corrected chi connectivity index (χ1v) is 6.19. The summed E-state index contributed by atoms with van der Waals surface area (Å²) in [5.74, 6) is 0.735. The van der Waals surface area contributed by atoms with Crippen molar-refractivity contribution in [3.8, 4) is 0 Å². The van der Waals surface area contributed by atoms with E-state index in [4.69, 9.17) is 0 Å². The minimum Gasteiger partial charge on any atom is -0.308 e. The molecule has 0 bridgehead atoms. The van der Waals surface area contributed by atoms with Crippen LogP contribution in [0.1, 0.15) is 45.7 Å². The van der Waals surface area contributed by atoms with Gasteiger partial charge in [-0.25, -0.2) is 0 Å². The van der Waals surface area contributed by atoms with Crippen LogP contribution in [0, 0.1) is 5.92 Å². The molecule has 0 aliphatic rings. The average molecular weight is 219 g/mol. The maximum atomic E-state index is 3.50. The highest BCUT2D eigenvalue weighted by atomic mass is 14.9. The van der Waals surface area contributed by atoms with E-state index in [2.05, 4.69) is 64.2 Å². The molecule has 0 saturated carbocycles. The van der Waals surface area contributed by atoms with E-state index in [9.17, 15) is 0 Å². The van der Waals surface area contributed by atoms with Crippen LogP contribution < -0.4 is 5.32 Å². The first-order chi connectivity index (χ1) is 7.37. The molecule has 1 aromatic rings. The Bertz CT molecular complexity index is 303. The fraction of sp³-hybridized carbons (Fsp3) is 0.600. The van der Waals surface area contributed by atoms with Gasteiger partial charge in [-0.05, 0) is 44.2 Å². The van der Waals surface area contributed by atoms with Gasteiger partial charge in [-0.1, -0.05) is 38.1 Å². The van der Waals surface area contributed by atoms with Gasteiger partial charge in [0.1, 0.15) is 0 Å². The van der Waals surface area contributed by atoms with E-state index in [1.807, 2.05) is 0 Å². The van der Waals surface area contributed by atoms with Gasteiger partial charge in [0.05, 0.1) is 0 Å². The molecule has 0 aromatic heterocycles. The van der Waals surface area contributed by atoms with Gasteiger partial charge < -0.3 is 5.32 Å². The van der Waals surface area contributed by atoms with Crippen LogP contribution in [0.4, 0.5) is 0 Å². The van der Waals surface area contributed by atoms with Gasteiger partial charge in [0.25, 0.3) is 0 Å². The maximum Gasteiger partial charge on any atom is 0.0210 e. The van der Waals surface area contributed by atoms with E-state index in [0.717, 1.165) is 12.5 Å². The summed E-state index contributed by atoms with van der Waals surface area (Å²) in [5, 5.41) is 3.50. The van der Waals surface area contributed by atoms with E-state index >= 15 is 0 Å². The number of hydrogen-bond donors (Lipinski definition) is 1. The Morgan fingerprint density at radius 3 is 1.94 bits per heavy atom. The van der Waals surface area contributed by atoms with Crippen molar-refractivity contribution in [3.05, 3.63) is 35.4 Å². The second-order valence-electron chi connectivity index (χ2n) is 6.02. The van der Waals surface area contributed by atoms with Gasteiger partial charge in [0.15, 0.2) is 0 Å². The summed E-state index contributed by atoms with van der Waals surface area (Å²) in [6, 6.07) is 8.96. The number of hydrogen-bond acceptors (Lipinski definition) is 1. The first-order valence-electron chi connectivity index (χ1n) is 6.19. The van der Waals surface area contributed by atoms with Crippen LogP contribution in [0.3, 0.4) is 0 Å². The monoisotopic (exact) mass is 219 g/mol. The Labute approximate surface area is 100 Å². The number of nitrogens with one attached hydrogen (secondary N) is 1. The molecule has 1 aromatic carbocycles. The van der Waals surface area contributed by atoms with Crippen molar-refractivity contribution in [2.75, 3.05) is 0 Å². The third-order valence-electron chi connectivity index (χ3n) is 2.49. The minimum absolute atomic E-state index is 0.191. The SMILES string of the molecule is CC(C)Cc1ccc(CNC(C)(C)C)cc1. The molecule has 0 amide bonds. The molecule has 0 unspecified atom stereocenters. The molecular formula is C15H25N. The molecule has 0 atom stereocenters. The van der Waals surface area contributed by atoms with Crippen LogP contribution in [-0.2, 0) is 13.0 Å². The van der Waals surface area contributed by atoms with E-state index in [1.165, 1.54) is 17.5 Å². The summed E-state index contributed by atoms with van der Waals surface area (Å²) in [4.78, 5) is 0. The Hall–Kier alpha value is -0.820. The molecule has 0 radical (unpaired) electrons. The van der Waals surface area contributed by atoms with Gasteiger partial charge in [-0.15, -0.1) is 0 Å². The molecule has 1 rings (SSSR count). The molecule has 0 aliphatic heterocycles. The van der Waals surface area contributed by atoms with Crippen LogP contribution in [0.15, 0.2) is 24.3 Å². The van der Waals surface area contributed by atoms with Gasteiger partial charge in [0.2, 0.25) is 0 Å². The summed E-state index contributed by atoms with van der Waals surface area (Å²) in [6.45, 7) is 12.1. The second-order valence-corrected chi connectivity index (χ2v) is 6.02. The summed E-state index contributed by atoms with van der Waals surface area (Å²) in [5.41, 5.74) is 2.99. The molecule has 0 aliphatic carbocycles. The highest BCUT2D eigenvalue weighted by molar-refractivity contribution is 5.22. The van der Waals surface area contributed by atoms with Gasteiger partial charge in [0, 0.05) is 12.1 Å². The van der Waals surface area contributed by atoms with Crippen LogP contribution in [-0.4, -0.2) is 5.54 Å². The van der Waals surface area contributed by atoms with E-state index < -0.39 is 0 Å². The topological polar surface area (TPSA) is 12.0 Å². The molecule has 0 heterocycles. The highest BCUT2D eigenvalue weighted by Gasteiger charge is 2.08. The largest absolute Gasteiger partial charge is 0.308 e. The molecule has 90 valence electrons. The Kier molecular flexibility index (Phi) is 4.55. The predicted octanol–water partition coefficient (Wildman–Crippen LogP) is 3.77. The highest BCUT2D eigenvalue weighted by Crippen LogP contribution is 2.10. The fourth-order valence-corrected chi connectivity index (χ4v) is 1.63. The van der Waals surface area contributed by atoms with Crippen LogP contribution >= 0.6 is 0 Å². The lowest BCUT2D eigenvalue weighted by Gasteiger charge is -2.20. The summed E-state index contributed by atoms with van der Waals surface area (Å²) in [6.07, 6.45) is 1.17. The summed E-state index contributed by atoms with van der Waals surface area (Å²) < 4.78 is 0. The molecule has 0 fully saturated rings. The summed E-state index contributed by atoms with van der Waals surface area (Å²) in [7, 11) is 0. The normalized spacial score (nSPS) is 12.1. The number of benzene rings is 1. The van der Waals surface area contributed by atoms with Crippen molar-refractivity contribution >= 4 is 0 Å². The van der Waals surface area contributed by atoms with Crippen LogP contribution in [0.25, 0.3) is 0 Å². The zero-order valence-electron chi connectivity index (χ0n) is 11.3. The van der Waals surface area contributed by atoms with E-state index in [1.54, 1.807) is 0 Å². The average Bonchev–Trinajstić information content (AvgIpc) is 2.14. The fourth-order valence-electron chi connectivity index (χ4n) is 1.63. The van der Waals surface area contributed by atoms with Crippen molar-refractivity contribution in [2.45, 2.75) is 53.1 Å². The molecule has 0 spiro atoms.